The number of nitriles is 1. The van der Waals surface area contributed by atoms with Crippen LogP contribution < -0.4 is 10.1 Å². The predicted octanol–water partition coefficient (Wildman–Crippen LogP) is 8.03. The van der Waals surface area contributed by atoms with Crippen molar-refractivity contribution in [1.82, 2.24) is 0 Å². The number of amides is 1. The van der Waals surface area contributed by atoms with Gasteiger partial charge in [-0.2, -0.15) is 5.26 Å². The van der Waals surface area contributed by atoms with Gasteiger partial charge in [-0.1, -0.05) is 51.8 Å². The number of rotatable bonds is 8. The molecule has 0 heterocycles. The Kier molecular flexibility index (Phi) is 9.12. The summed E-state index contributed by atoms with van der Waals surface area (Å²) in [6.45, 7) is 6.04. The fourth-order valence-electron chi connectivity index (χ4n) is 3.21. The molecule has 0 spiro atoms. The molecule has 0 radical (unpaired) electrons. The second kappa shape index (κ2) is 12.0. The number of anilines is 1. The third-order valence-electron chi connectivity index (χ3n) is 5.00. The van der Waals surface area contributed by atoms with E-state index < -0.39 is 5.91 Å². The average molecular weight is 601 g/mol. The summed E-state index contributed by atoms with van der Waals surface area (Å²) in [7, 11) is 0. The third kappa shape index (κ3) is 6.60. The Morgan fingerprint density at radius 2 is 1.94 bits per heavy atom. The maximum absolute atomic E-state index is 12.8. The van der Waals surface area contributed by atoms with Crippen LogP contribution in [0.25, 0.3) is 6.08 Å². The summed E-state index contributed by atoms with van der Waals surface area (Å²) in [5.74, 6) is 0.183. The van der Waals surface area contributed by atoms with E-state index in [1.165, 1.54) is 0 Å². The molecule has 3 rings (SSSR count). The molecule has 34 heavy (non-hydrogen) atoms. The Morgan fingerprint density at radius 3 is 2.62 bits per heavy atom. The molecular formula is C27H21Br2ClN2O2. The van der Waals surface area contributed by atoms with E-state index in [0.29, 0.717) is 35.1 Å². The normalized spacial score (nSPS) is 11.0. The van der Waals surface area contributed by atoms with Crippen molar-refractivity contribution < 1.29 is 9.53 Å². The summed E-state index contributed by atoms with van der Waals surface area (Å²) < 4.78 is 7.82. The minimum absolute atomic E-state index is 0.0284. The van der Waals surface area contributed by atoms with Gasteiger partial charge >= 0.3 is 0 Å². The Morgan fingerprint density at radius 1 is 1.21 bits per heavy atom. The quantitative estimate of drug-likeness (QED) is 0.162. The van der Waals surface area contributed by atoms with Gasteiger partial charge in [-0.05, 0) is 94.0 Å². The lowest BCUT2D eigenvalue weighted by Crippen LogP contribution is -2.14. The fraction of sp³-hybridized carbons (Fsp3) is 0.111. The smallest absolute Gasteiger partial charge is 0.266 e. The van der Waals surface area contributed by atoms with E-state index in [2.05, 4.69) is 43.8 Å². The number of halogens is 3. The Hall–Kier alpha value is -2.85. The molecule has 172 valence electrons. The lowest BCUT2D eigenvalue weighted by atomic mass is 10.0. The summed E-state index contributed by atoms with van der Waals surface area (Å²) in [6.07, 6.45) is 3.89. The number of nitrogens with one attached hydrogen (secondary N) is 1. The first kappa shape index (κ1) is 25.8. The molecule has 0 atom stereocenters. The van der Waals surface area contributed by atoms with Gasteiger partial charge in [0.05, 0.1) is 4.47 Å². The van der Waals surface area contributed by atoms with E-state index in [9.17, 15) is 10.1 Å². The Balaban J connectivity index is 1.86. The fourth-order valence-corrected chi connectivity index (χ4v) is 4.28. The minimum atomic E-state index is -0.509. The van der Waals surface area contributed by atoms with E-state index in [1.807, 2.05) is 42.5 Å². The van der Waals surface area contributed by atoms with E-state index >= 15 is 0 Å². The molecule has 0 saturated heterocycles. The number of carbonyl (C=O) groups excluding carboxylic acids is 1. The van der Waals surface area contributed by atoms with Gasteiger partial charge in [0.2, 0.25) is 0 Å². The Bertz CT molecular complexity index is 1300. The Labute approximate surface area is 221 Å². The lowest BCUT2D eigenvalue weighted by molar-refractivity contribution is -0.112. The van der Waals surface area contributed by atoms with E-state index in [4.69, 9.17) is 16.3 Å². The third-order valence-corrected chi connectivity index (χ3v) is 6.52. The number of hydrogen-bond donors (Lipinski definition) is 1. The topological polar surface area (TPSA) is 62.1 Å². The first-order valence-electron chi connectivity index (χ1n) is 10.3. The summed E-state index contributed by atoms with van der Waals surface area (Å²) >= 11 is 13.1. The first-order chi connectivity index (χ1) is 16.3. The van der Waals surface area contributed by atoms with Crippen LogP contribution in [0, 0.1) is 18.3 Å². The van der Waals surface area contributed by atoms with Crippen LogP contribution in [0.4, 0.5) is 5.69 Å². The standard InChI is InChI=1S/C27H21Br2ClN2O2/c1-3-5-20-12-19(14-23(29)26(20)34-16-18-8-10-22(28)11-9-18)13-21(15-31)27(33)32-25-7-4-6-24(30)17(25)2/h3-4,6-14H,1,5,16H2,2H3,(H,32,33)/b21-13-. The number of nitrogens with zero attached hydrogens (tertiary/aromatic N) is 1. The maximum atomic E-state index is 12.8. The van der Waals surface area contributed by atoms with Crippen molar-refractivity contribution in [2.45, 2.75) is 20.0 Å². The highest BCUT2D eigenvalue weighted by atomic mass is 79.9. The van der Waals surface area contributed by atoms with Crippen LogP contribution in [0.1, 0.15) is 22.3 Å². The number of benzene rings is 3. The van der Waals surface area contributed by atoms with Gasteiger partial charge in [-0.3, -0.25) is 4.79 Å². The summed E-state index contributed by atoms with van der Waals surface area (Å²) in [6, 6.07) is 18.8. The molecule has 0 fully saturated rings. The summed E-state index contributed by atoms with van der Waals surface area (Å²) in [5, 5.41) is 12.9. The zero-order chi connectivity index (χ0) is 24.7. The molecule has 0 aromatic heterocycles. The van der Waals surface area contributed by atoms with Crippen molar-refractivity contribution >= 4 is 61.1 Å². The SMILES string of the molecule is C=CCc1cc(/C=C(/C#N)C(=O)Nc2cccc(Cl)c2C)cc(Br)c1OCc1ccc(Br)cc1. The second-order valence-corrected chi connectivity index (χ2v) is 9.61. The molecule has 0 saturated carbocycles. The van der Waals surface area contributed by atoms with Crippen molar-refractivity contribution in [3.63, 3.8) is 0 Å². The molecule has 0 unspecified atom stereocenters. The van der Waals surface area contributed by atoms with Crippen LogP contribution in [-0.4, -0.2) is 5.91 Å². The molecule has 0 aliphatic carbocycles. The van der Waals surface area contributed by atoms with Gasteiger partial charge in [-0.15, -0.1) is 6.58 Å². The first-order valence-corrected chi connectivity index (χ1v) is 12.3. The van der Waals surface area contributed by atoms with Gasteiger partial charge in [0.15, 0.2) is 0 Å². The van der Waals surface area contributed by atoms with Crippen molar-refractivity contribution in [3.05, 3.63) is 109 Å². The highest BCUT2D eigenvalue weighted by Gasteiger charge is 2.14. The van der Waals surface area contributed by atoms with Crippen LogP contribution in [0.2, 0.25) is 5.02 Å². The van der Waals surface area contributed by atoms with E-state index in [1.54, 1.807) is 37.3 Å². The zero-order valence-electron chi connectivity index (χ0n) is 18.4. The van der Waals surface area contributed by atoms with Gasteiger partial charge in [0, 0.05) is 15.2 Å². The molecule has 1 N–H and O–H groups in total. The monoisotopic (exact) mass is 598 g/mol. The van der Waals surface area contributed by atoms with Crippen molar-refractivity contribution in [1.29, 1.82) is 5.26 Å². The largest absolute Gasteiger partial charge is 0.487 e. The van der Waals surface area contributed by atoms with Crippen LogP contribution in [0.3, 0.4) is 0 Å². The van der Waals surface area contributed by atoms with Crippen molar-refractivity contribution in [2.24, 2.45) is 0 Å². The molecule has 3 aromatic carbocycles. The summed E-state index contributed by atoms with van der Waals surface area (Å²) in [5.41, 5.74) is 3.87. The van der Waals surface area contributed by atoms with Crippen LogP contribution in [0.5, 0.6) is 5.75 Å². The maximum Gasteiger partial charge on any atom is 0.266 e. The van der Waals surface area contributed by atoms with Gasteiger partial charge < -0.3 is 10.1 Å². The van der Waals surface area contributed by atoms with E-state index in [0.717, 1.165) is 25.6 Å². The molecule has 0 aliphatic heterocycles. The van der Waals surface area contributed by atoms with E-state index in [-0.39, 0.29) is 5.57 Å². The number of ether oxygens (including phenoxy) is 1. The molecule has 3 aromatic rings. The van der Waals surface area contributed by atoms with Gasteiger partial charge in [-0.25, -0.2) is 0 Å². The van der Waals surface area contributed by atoms with Crippen LogP contribution in [-0.2, 0) is 17.8 Å². The number of carbonyl (C=O) groups is 1. The molecule has 4 nitrogen and oxygen atoms in total. The molecule has 1 amide bonds. The minimum Gasteiger partial charge on any atom is -0.487 e. The highest BCUT2D eigenvalue weighted by Crippen LogP contribution is 2.33. The highest BCUT2D eigenvalue weighted by molar-refractivity contribution is 9.10. The van der Waals surface area contributed by atoms with Gasteiger partial charge in [0.25, 0.3) is 5.91 Å². The van der Waals surface area contributed by atoms with Crippen LogP contribution in [0.15, 0.2) is 81.8 Å². The predicted molar refractivity (Wildman–Crippen MR) is 145 cm³/mol. The summed E-state index contributed by atoms with van der Waals surface area (Å²) in [4.78, 5) is 12.8. The molecule has 0 bridgehead atoms. The lowest BCUT2D eigenvalue weighted by Gasteiger charge is -2.14. The zero-order valence-corrected chi connectivity index (χ0v) is 22.3. The van der Waals surface area contributed by atoms with Crippen LogP contribution >= 0.6 is 43.5 Å². The molecule has 0 aliphatic rings. The van der Waals surface area contributed by atoms with Crippen molar-refractivity contribution in [3.8, 4) is 11.8 Å². The molecule has 7 heteroatoms. The second-order valence-electron chi connectivity index (χ2n) is 7.44. The van der Waals surface area contributed by atoms with Crippen molar-refractivity contribution in [2.75, 3.05) is 5.32 Å². The van der Waals surface area contributed by atoms with Gasteiger partial charge in [0.1, 0.15) is 24.0 Å². The number of hydrogen-bond acceptors (Lipinski definition) is 3. The molecular weight excluding hydrogens is 580 g/mol. The number of allylic oxidation sites excluding steroid dienone is 1. The average Bonchev–Trinajstić information content (AvgIpc) is 2.81.